The summed E-state index contributed by atoms with van der Waals surface area (Å²) in [5.74, 6) is 0.285. The van der Waals surface area contributed by atoms with Crippen LogP contribution in [0.25, 0.3) is 0 Å². The molecule has 2 nitrogen and oxygen atoms in total. The summed E-state index contributed by atoms with van der Waals surface area (Å²) in [6.07, 6.45) is 0. The summed E-state index contributed by atoms with van der Waals surface area (Å²) >= 11 is 3.41. The number of hydrogen-bond acceptors (Lipinski definition) is 2. The first-order chi connectivity index (χ1) is 7.66. The van der Waals surface area contributed by atoms with Gasteiger partial charge in [0.15, 0.2) is 0 Å². The molecule has 0 spiro atoms. The second-order valence-electron chi connectivity index (χ2n) is 3.55. The van der Waals surface area contributed by atoms with Gasteiger partial charge in [-0.25, -0.2) is 0 Å². The number of phenols is 1. The number of nitrogens with zero attached hydrogens (tertiary/aromatic N) is 1. The van der Waals surface area contributed by atoms with Crippen molar-refractivity contribution >= 4 is 27.3 Å². The Bertz CT molecular complexity index is 419. The van der Waals surface area contributed by atoms with E-state index in [1.54, 1.807) is 12.1 Å². The third-order valence-electron chi connectivity index (χ3n) is 2.45. The van der Waals surface area contributed by atoms with Crippen LogP contribution in [0, 0.1) is 0 Å². The van der Waals surface area contributed by atoms with Gasteiger partial charge in [0, 0.05) is 22.9 Å². The molecule has 0 heterocycles. The summed E-state index contributed by atoms with van der Waals surface area (Å²) in [5.41, 5.74) is 2.15. The highest BCUT2D eigenvalue weighted by Gasteiger charge is 2.03. The van der Waals surface area contributed by atoms with Crippen LogP contribution < -0.4 is 4.90 Å². The maximum Gasteiger partial charge on any atom is 0.115 e. The molecule has 0 aliphatic carbocycles. The number of aromatic hydroxyl groups is 1. The third kappa shape index (κ3) is 2.36. The van der Waals surface area contributed by atoms with Gasteiger partial charge in [-0.3, -0.25) is 0 Å². The van der Waals surface area contributed by atoms with Gasteiger partial charge < -0.3 is 10.0 Å². The molecule has 0 bridgehead atoms. The third-order valence-corrected chi connectivity index (χ3v) is 2.98. The Kier molecular flexibility index (Phi) is 3.15. The molecule has 1 N–H and O–H groups in total. The zero-order chi connectivity index (χ0) is 11.5. The Balaban J connectivity index is 2.28. The van der Waals surface area contributed by atoms with Crippen LogP contribution in [0.1, 0.15) is 0 Å². The topological polar surface area (TPSA) is 23.5 Å². The zero-order valence-corrected chi connectivity index (χ0v) is 10.5. The maximum absolute atomic E-state index is 9.22. The Morgan fingerprint density at radius 3 is 1.81 bits per heavy atom. The molecule has 0 fully saturated rings. The highest BCUT2D eigenvalue weighted by Crippen LogP contribution is 2.26. The lowest BCUT2D eigenvalue weighted by Crippen LogP contribution is -2.08. The van der Waals surface area contributed by atoms with Crippen LogP contribution in [0.4, 0.5) is 11.4 Å². The molecule has 0 amide bonds. The zero-order valence-electron chi connectivity index (χ0n) is 8.89. The van der Waals surface area contributed by atoms with Gasteiger partial charge in [0.2, 0.25) is 0 Å². The van der Waals surface area contributed by atoms with E-state index in [4.69, 9.17) is 0 Å². The summed E-state index contributed by atoms with van der Waals surface area (Å²) in [5, 5.41) is 9.22. The predicted molar refractivity (Wildman–Crippen MR) is 70.3 cm³/mol. The Morgan fingerprint density at radius 2 is 1.31 bits per heavy atom. The number of phenolic OH excluding ortho intramolecular Hbond substituents is 1. The molecule has 2 rings (SSSR count). The molecular formula is C13H12BrNO. The fourth-order valence-corrected chi connectivity index (χ4v) is 1.75. The Morgan fingerprint density at radius 1 is 0.875 bits per heavy atom. The Labute approximate surface area is 103 Å². The number of anilines is 2. The summed E-state index contributed by atoms with van der Waals surface area (Å²) < 4.78 is 1.07. The van der Waals surface area contributed by atoms with Gasteiger partial charge in [-0.1, -0.05) is 15.9 Å². The van der Waals surface area contributed by atoms with E-state index in [9.17, 15) is 5.11 Å². The van der Waals surface area contributed by atoms with E-state index in [1.807, 2.05) is 43.4 Å². The van der Waals surface area contributed by atoms with Gasteiger partial charge in [0.05, 0.1) is 0 Å². The van der Waals surface area contributed by atoms with E-state index in [1.165, 1.54) is 0 Å². The lowest BCUT2D eigenvalue weighted by Gasteiger charge is -2.19. The fourth-order valence-electron chi connectivity index (χ4n) is 1.49. The van der Waals surface area contributed by atoms with Gasteiger partial charge in [-0.15, -0.1) is 0 Å². The Hall–Kier alpha value is -1.48. The van der Waals surface area contributed by atoms with Crippen molar-refractivity contribution < 1.29 is 5.11 Å². The van der Waals surface area contributed by atoms with Gasteiger partial charge in [-0.2, -0.15) is 0 Å². The van der Waals surface area contributed by atoms with Crippen molar-refractivity contribution in [2.45, 2.75) is 0 Å². The van der Waals surface area contributed by atoms with Crippen LogP contribution in [0.3, 0.4) is 0 Å². The van der Waals surface area contributed by atoms with Crippen molar-refractivity contribution in [1.29, 1.82) is 0 Å². The fraction of sp³-hybridized carbons (Fsp3) is 0.0769. The van der Waals surface area contributed by atoms with Crippen molar-refractivity contribution in [2.75, 3.05) is 11.9 Å². The van der Waals surface area contributed by atoms with E-state index >= 15 is 0 Å². The van der Waals surface area contributed by atoms with Crippen LogP contribution in [0.5, 0.6) is 5.75 Å². The molecule has 0 saturated heterocycles. The number of hydrogen-bond donors (Lipinski definition) is 1. The van der Waals surface area contributed by atoms with Crippen LogP contribution in [-0.2, 0) is 0 Å². The van der Waals surface area contributed by atoms with Crippen LogP contribution in [-0.4, -0.2) is 12.2 Å². The minimum absolute atomic E-state index is 0.285. The SMILES string of the molecule is CN(c1ccc(O)cc1)c1ccc(Br)cc1. The molecule has 82 valence electrons. The molecule has 2 aromatic rings. The molecule has 0 aliphatic heterocycles. The molecule has 3 heteroatoms. The van der Waals surface area contributed by atoms with Crippen molar-refractivity contribution in [3.63, 3.8) is 0 Å². The van der Waals surface area contributed by atoms with E-state index in [0.29, 0.717) is 0 Å². The summed E-state index contributed by atoms with van der Waals surface area (Å²) in [4.78, 5) is 2.06. The van der Waals surface area contributed by atoms with Crippen molar-refractivity contribution in [2.24, 2.45) is 0 Å². The van der Waals surface area contributed by atoms with Crippen LogP contribution in [0.2, 0.25) is 0 Å². The summed E-state index contributed by atoms with van der Waals surface area (Å²) in [6, 6.07) is 15.2. The summed E-state index contributed by atoms with van der Waals surface area (Å²) in [7, 11) is 2.00. The lowest BCUT2D eigenvalue weighted by atomic mass is 10.2. The average Bonchev–Trinajstić information content (AvgIpc) is 2.30. The normalized spacial score (nSPS) is 10.1. The van der Waals surface area contributed by atoms with Gasteiger partial charge in [-0.05, 0) is 48.5 Å². The number of halogens is 1. The van der Waals surface area contributed by atoms with E-state index in [-0.39, 0.29) is 5.75 Å². The monoisotopic (exact) mass is 277 g/mol. The summed E-state index contributed by atoms with van der Waals surface area (Å²) in [6.45, 7) is 0. The molecule has 0 saturated carbocycles. The van der Waals surface area contributed by atoms with Gasteiger partial charge >= 0.3 is 0 Å². The van der Waals surface area contributed by atoms with Gasteiger partial charge in [0.1, 0.15) is 5.75 Å². The first kappa shape index (κ1) is 11.0. The highest BCUT2D eigenvalue weighted by molar-refractivity contribution is 9.10. The first-order valence-corrected chi connectivity index (χ1v) is 5.74. The number of rotatable bonds is 2. The molecular weight excluding hydrogens is 266 g/mol. The van der Waals surface area contributed by atoms with Crippen LogP contribution in [0.15, 0.2) is 53.0 Å². The van der Waals surface area contributed by atoms with E-state index in [2.05, 4.69) is 20.8 Å². The second kappa shape index (κ2) is 4.58. The smallest absolute Gasteiger partial charge is 0.115 e. The van der Waals surface area contributed by atoms with Gasteiger partial charge in [0.25, 0.3) is 0 Å². The molecule has 0 radical (unpaired) electrons. The molecule has 2 aromatic carbocycles. The quantitative estimate of drug-likeness (QED) is 0.899. The standard InChI is InChI=1S/C13H12BrNO/c1-15(11-4-2-10(14)3-5-11)12-6-8-13(16)9-7-12/h2-9,16H,1H3. The average molecular weight is 278 g/mol. The molecule has 0 aromatic heterocycles. The first-order valence-electron chi connectivity index (χ1n) is 4.95. The van der Waals surface area contributed by atoms with E-state index < -0.39 is 0 Å². The predicted octanol–water partition coefficient (Wildman–Crippen LogP) is 3.92. The van der Waals surface area contributed by atoms with Crippen molar-refractivity contribution in [3.8, 4) is 5.75 Å². The minimum atomic E-state index is 0.285. The van der Waals surface area contributed by atoms with Crippen molar-refractivity contribution in [1.82, 2.24) is 0 Å². The molecule has 0 atom stereocenters. The van der Waals surface area contributed by atoms with Crippen molar-refractivity contribution in [3.05, 3.63) is 53.0 Å². The molecule has 0 aliphatic rings. The number of benzene rings is 2. The molecule has 16 heavy (non-hydrogen) atoms. The minimum Gasteiger partial charge on any atom is -0.508 e. The van der Waals surface area contributed by atoms with E-state index in [0.717, 1.165) is 15.8 Å². The molecule has 0 unspecified atom stereocenters. The lowest BCUT2D eigenvalue weighted by molar-refractivity contribution is 0.475. The van der Waals surface area contributed by atoms with Crippen LogP contribution >= 0.6 is 15.9 Å². The largest absolute Gasteiger partial charge is 0.508 e. The second-order valence-corrected chi connectivity index (χ2v) is 4.47. The highest BCUT2D eigenvalue weighted by atomic mass is 79.9. The maximum atomic E-state index is 9.22.